The number of aliphatic hydroxyl groups is 1. The summed E-state index contributed by atoms with van der Waals surface area (Å²) in [5.41, 5.74) is 0.439. The van der Waals surface area contributed by atoms with Crippen LogP contribution in [-0.2, 0) is 10.0 Å². The van der Waals surface area contributed by atoms with Crippen molar-refractivity contribution >= 4 is 27.3 Å². The number of hydrogen-bond donors (Lipinski definition) is 2. The first-order valence-corrected chi connectivity index (χ1v) is 8.05. The molecule has 1 aromatic rings. The second kappa shape index (κ2) is 6.47. The van der Waals surface area contributed by atoms with E-state index in [4.69, 9.17) is 10.2 Å². The van der Waals surface area contributed by atoms with Crippen molar-refractivity contribution in [3.05, 3.63) is 16.5 Å². The summed E-state index contributed by atoms with van der Waals surface area (Å²) >= 11 is 0.760. The fraction of sp³-hybridized carbons (Fsp3) is 0.545. The second-order valence-corrected chi connectivity index (χ2v) is 7.17. The van der Waals surface area contributed by atoms with Crippen LogP contribution >= 0.6 is 11.3 Å². The Morgan fingerprint density at radius 2 is 2.11 bits per heavy atom. The van der Waals surface area contributed by atoms with Crippen LogP contribution in [0.1, 0.15) is 28.6 Å². The standard InChI is InChI=1S/C11H17NO5S2/c1-3-12(5-4-6-13)19(16,17)9-7-8(2)10(18-9)11(14)15/h7,13H,3-6H2,1-2H3,(H,14,15). The van der Waals surface area contributed by atoms with E-state index >= 15 is 0 Å². The second-order valence-electron chi connectivity index (χ2n) is 3.96. The van der Waals surface area contributed by atoms with Gasteiger partial charge in [-0.3, -0.25) is 0 Å². The average molecular weight is 307 g/mol. The molecule has 8 heteroatoms. The van der Waals surface area contributed by atoms with Gasteiger partial charge in [-0.2, -0.15) is 4.31 Å². The van der Waals surface area contributed by atoms with Crippen molar-refractivity contribution in [2.24, 2.45) is 0 Å². The Kier molecular flexibility index (Phi) is 5.48. The normalized spacial score (nSPS) is 12.0. The van der Waals surface area contributed by atoms with Crippen LogP contribution in [0.4, 0.5) is 0 Å². The van der Waals surface area contributed by atoms with Crippen LogP contribution in [-0.4, -0.2) is 48.6 Å². The van der Waals surface area contributed by atoms with Crippen molar-refractivity contribution in [3.8, 4) is 0 Å². The molecule has 0 atom stereocenters. The number of thiophene rings is 1. The number of aryl methyl sites for hydroxylation is 1. The molecule has 1 aromatic heterocycles. The van der Waals surface area contributed by atoms with E-state index in [-0.39, 0.29) is 28.8 Å². The molecule has 0 bridgehead atoms. The van der Waals surface area contributed by atoms with Crippen molar-refractivity contribution in [2.75, 3.05) is 19.7 Å². The molecular formula is C11H17NO5S2. The third-order valence-electron chi connectivity index (χ3n) is 2.60. The zero-order valence-corrected chi connectivity index (χ0v) is 12.4. The summed E-state index contributed by atoms with van der Waals surface area (Å²) in [6.07, 6.45) is 0.350. The van der Waals surface area contributed by atoms with Gasteiger partial charge in [-0.15, -0.1) is 11.3 Å². The molecule has 0 saturated heterocycles. The molecular weight excluding hydrogens is 290 g/mol. The quantitative estimate of drug-likeness (QED) is 0.788. The molecule has 0 amide bonds. The third-order valence-corrected chi connectivity index (χ3v) is 6.25. The number of aromatic carboxylic acids is 1. The summed E-state index contributed by atoms with van der Waals surface area (Å²) < 4.78 is 25.9. The van der Waals surface area contributed by atoms with Crippen LogP contribution in [0.15, 0.2) is 10.3 Å². The fourth-order valence-electron chi connectivity index (χ4n) is 1.61. The smallest absolute Gasteiger partial charge is 0.346 e. The molecule has 6 nitrogen and oxygen atoms in total. The monoisotopic (exact) mass is 307 g/mol. The number of aliphatic hydroxyl groups excluding tert-OH is 1. The Hall–Kier alpha value is -0.960. The SMILES string of the molecule is CCN(CCCO)S(=O)(=O)c1cc(C)c(C(=O)O)s1. The maximum absolute atomic E-state index is 12.3. The lowest BCUT2D eigenvalue weighted by Crippen LogP contribution is -2.31. The average Bonchev–Trinajstić information content (AvgIpc) is 2.73. The van der Waals surface area contributed by atoms with Gasteiger partial charge in [-0.05, 0) is 25.0 Å². The highest BCUT2D eigenvalue weighted by Crippen LogP contribution is 2.28. The fourth-order valence-corrected chi connectivity index (χ4v) is 4.64. The zero-order valence-electron chi connectivity index (χ0n) is 10.8. The lowest BCUT2D eigenvalue weighted by molar-refractivity contribution is 0.0701. The summed E-state index contributed by atoms with van der Waals surface area (Å²) in [6.45, 7) is 3.68. The molecule has 0 aromatic carbocycles. The Balaban J connectivity index is 3.11. The Labute approximate surface area is 116 Å². The molecule has 1 heterocycles. The van der Waals surface area contributed by atoms with Crippen molar-refractivity contribution in [1.29, 1.82) is 0 Å². The predicted octanol–water partition coefficient (Wildman–Crippen LogP) is 1.15. The molecule has 108 valence electrons. The van der Waals surface area contributed by atoms with E-state index in [0.29, 0.717) is 12.0 Å². The van der Waals surface area contributed by atoms with Gasteiger partial charge < -0.3 is 10.2 Å². The van der Waals surface area contributed by atoms with E-state index in [9.17, 15) is 13.2 Å². The third kappa shape index (κ3) is 3.53. The van der Waals surface area contributed by atoms with Gasteiger partial charge in [0.2, 0.25) is 0 Å². The number of rotatable bonds is 7. The van der Waals surface area contributed by atoms with Crippen LogP contribution < -0.4 is 0 Å². The number of hydrogen-bond acceptors (Lipinski definition) is 5. The zero-order chi connectivity index (χ0) is 14.6. The molecule has 0 radical (unpaired) electrons. The van der Waals surface area contributed by atoms with Crippen molar-refractivity contribution in [3.63, 3.8) is 0 Å². The predicted molar refractivity (Wildman–Crippen MR) is 72.2 cm³/mol. The largest absolute Gasteiger partial charge is 0.477 e. The first-order valence-electron chi connectivity index (χ1n) is 5.79. The first-order chi connectivity index (χ1) is 8.84. The molecule has 0 spiro atoms. The highest BCUT2D eigenvalue weighted by atomic mass is 32.2. The van der Waals surface area contributed by atoms with Crippen LogP contribution in [0, 0.1) is 6.92 Å². The van der Waals surface area contributed by atoms with Crippen LogP contribution in [0.5, 0.6) is 0 Å². The molecule has 0 aliphatic carbocycles. The van der Waals surface area contributed by atoms with E-state index < -0.39 is 16.0 Å². The topological polar surface area (TPSA) is 94.9 Å². The van der Waals surface area contributed by atoms with Gasteiger partial charge in [0.15, 0.2) is 0 Å². The van der Waals surface area contributed by atoms with Crippen LogP contribution in [0.2, 0.25) is 0 Å². The minimum absolute atomic E-state index is 0.0298. The van der Waals surface area contributed by atoms with Gasteiger partial charge in [0, 0.05) is 19.7 Å². The Morgan fingerprint density at radius 3 is 2.53 bits per heavy atom. The van der Waals surface area contributed by atoms with Gasteiger partial charge in [0.1, 0.15) is 9.09 Å². The number of carbonyl (C=O) groups is 1. The molecule has 2 N–H and O–H groups in total. The van der Waals surface area contributed by atoms with Gasteiger partial charge in [-0.1, -0.05) is 6.92 Å². The maximum Gasteiger partial charge on any atom is 0.346 e. The number of nitrogens with zero attached hydrogens (tertiary/aromatic N) is 1. The highest BCUT2D eigenvalue weighted by molar-refractivity contribution is 7.91. The number of sulfonamides is 1. The van der Waals surface area contributed by atoms with Gasteiger partial charge in [0.05, 0.1) is 0 Å². The van der Waals surface area contributed by atoms with Crippen molar-refractivity contribution in [2.45, 2.75) is 24.5 Å². The molecule has 0 saturated carbocycles. The van der Waals surface area contributed by atoms with E-state index in [1.54, 1.807) is 13.8 Å². The van der Waals surface area contributed by atoms with Gasteiger partial charge in [0.25, 0.3) is 10.0 Å². The molecule has 0 aliphatic heterocycles. The number of carboxylic acids is 1. The van der Waals surface area contributed by atoms with E-state index in [2.05, 4.69) is 0 Å². The minimum Gasteiger partial charge on any atom is -0.477 e. The van der Waals surface area contributed by atoms with Crippen LogP contribution in [0.25, 0.3) is 0 Å². The highest BCUT2D eigenvalue weighted by Gasteiger charge is 2.26. The van der Waals surface area contributed by atoms with E-state index in [1.807, 2.05) is 0 Å². The lowest BCUT2D eigenvalue weighted by Gasteiger charge is -2.18. The molecule has 19 heavy (non-hydrogen) atoms. The van der Waals surface area contributed by atoms with E-state index in [0.717, 1.165) is 11.3 Å². The minimum atomic E-state index is -3.68. The molecule has 1 rings (SSSR count). The Morgan fingerprint density at radius 1 is 1.47 bits per heavy atom. The number of carboxylic acid groups (broad SMARTS) is 1. The summed E-state index contributed by atoms with van der Waals surface area (Å²) in [7, 11) is -3.68. The molecule has 0 fully saturated rings. The lowest BCUT2D eigenvalue weighted by atomic mass is 10.3. The Bertz CT molecular complexity index is 549. The van der Waals surface area contributed by atoms with Crippen LogP contribution in [0.3, 0.4) is 0 Å². The summed E-state index contributed by atoms with van der Waals surface area (Å²) in [5, 5.41) is 17.7. The first kappa shape index (κ1) is 16.1. The van der Waals surface area contributed by atoms with Crippen molar-refractivity contribution in [1.82, 2.24) is 4.31 Å². The van der Waals surface area contributed by atoms with Gasteiger partial charge in [-0.25, -0.2) is 13.2 Å². The van der Waals surface area contributed by atoms with E-state index in [1.165, 1.54) is 10.4 Å². The summed E-state index contributed by atoms with van der Waals surface area (Å²) in [6, 6.07) is 1.38. The van der Waals surface area contributed by atoms with Crippen molar-refractivity contribution < 1.29 is 23.4 Å². The summed E-state index contributed by atoms with van der Waals surface area (Å²) in [5.74, 6) is -1.12. The molecule has 0 unspecified atom stereocenters. The summed E-state index contributed by atoms with van der Waals surface area (Å²) in [4.78, 5) is 11.0. The molecule has 0 aliphatic rings. The van der Waals surface area contributed by atoms with Gasteiger partial charge >= 0.3 is 5.97 Å². The maximum atomic E-state index is 12.3.